The highest BCUT2D eigenvalue weighted by Gasteiger charge is 2.15. The van der Waals surface area contributed by atoms with Crippen molar-refractivity contribution in [1.29, 1.82) is 0 Å². The second-order valence-corrected chi connectivity index (χ2v) is 6.36. The summed E-state index contributed by atoms with van der Waals surface area (Å²) in [6, 6.07) is 15.6. The minimum atomic E-state index is 0.127. The summed E-state index contributed by atoms with van der Waals surface area (Å²) in [7, 11) is 0. The van der Waals surface area contributed by atoms with Gasteiger partial charge in [-0.3, -0.25) is 0 Å². The van der Waals surface area contributed by atoms with Crippen LogP contribution < -0.4 is 5.73 Å². The molecule has 0 fully saturated rings. The van der Waals surface area contributed by atoms with Crippen molar-refractivity contribution >= 4 is 5.69 Å². The molecule has 0 aliphatic heterocycles. The summed E-state index contributed by atoms with van der Waals surface area (Å²) in [5.74, 6) is 1.02. The van der Waals surface area contributed by atoms with Gasteiger partial charge in [0.1, 0.15) is 0 Å². The third kappa shape index (κ3) is 2.86. The maximum atomic E-state index is 5.76. The molecule has 3 aromatic rings. The van der Waals surface area contributed by atoms with Gasteiger partial charge in [0.15, 0.2) is 0 Å². The number of hydrogen-bond acceptors (Lipinski definition) is 4. The SMILES string of the molecule is CC(C)(C)c1ccc(-c2nnc(-c3ccc(N)cc3)o2)cc1. The van der Waals surface area contributed by atoms with E-state index >= 15 is 0 Å². The fraction of sp³-hybridized carbons (Fsp3) is 0.222. The van der Waals surface area contributed by atoms with Crippen LogP contribution in [0.3, 0.4) is 0 Å². The lowest BCUT2D eigenvalue weighted by Crippen LogP contribution is -2.10. The molecule has 0 saturated heterocycles. The van der Waals surface area contributed by atoms with E-state index in [4.69, 9.17) is 10.2 Å². The molecule has 2 N–H and O–H groups in total. The Morgan fingerprint density at radius 3 is 1.68 bits per heavy atom. The van der Waals surface area contributed by atoms with E-state index < -0.39 is 0 Å². The van der Waals surface area contributed by atoms with Crippen LogP contribution in [0.25, 0.3) is 22.9 Å². The Kier molecular flexibility index (Phi) is 3.45. The number of nitrogen functional groups attached to an aromatic ring is 1. The molecule has 1 heterocycles. The molecule has 0 radical (unpaired) electrons. The Morgan fingerprint density at radius 1 is 0.773 bits per heavy atom. The Hall–Kier alpha value is -2.62. The average molecular weight is 293 g/mol. The molecule has 0 amide bonds. The van der Waals surface area contributed by atoms with Gasteiger partial charge in [-0.15, -0.1) is 10.2 Å². The van der Waals surface area contributed by atoms with Crippen LogP contribution in [0.2, 0.25) is 0 Å². The highest BCUT2D eigenvalue weighted by molar-refractivity contribution is 5.60. The van der Waals surface area contributed by atoms with Crippen molar-refractivity contribution in [3.8, 4) is 22.9 Å². The molecule has 0 aliphatic carbocycles. The van der Waals surface area contributed by atoms with Crippen LogP contribution in [0.1, 0.15) is 26.3 Å². The van der Waals surface area contributed by atoms with Gasteiger partial charge in [0, 0.05) is 16.8 Å². The Balaban J connectivity index is 1.89. The minimum Gasteiger partial charge on any atom is -0.416 e. The number of aromatic nitrogens is 2. The zero-order valence-corrected chi connectivity index (χ0v) is 13.0. The van der Waals surface area contributed by atoms with Crippen LogP contribution in [0, 0.1) is 0 Å². The van der Waals surface area contributed by atoms with E-state index in [1.807, 2.05) is 36.4 Å². The Bertz CT molecular complexity index is 765. The van der Waals surface area contributed by atoms with Crippen molar-refractivity contribution < 1.29 is 4.42 Å². The number of anilines is 1. The number of nitrogens with zero attached hydrogens (tertiary/aromatic N) is 2. The van der Waals surface area contributed by atoms with E-state index in [0.29, 0.717) is 17.5 Å². The first kappa shape index (κ1) is 14.3. The summed E-state index contributed by atoms with van der Waals surface area (Å²) in [6.07, 6.45) is 0. The highest BCUT2D eigenvalue weighted by Crippen LogP contribution is 2.27. The largest absolute Gasteiger partial charge is 0.416 e. The Morgan fingerprint density at radius 2 is 1.23 bits per heavy atom. The predicted molar refractivity (Wildman–Crippen MR) is 88.3 cm³/mol. The van der Waals surface area contributed by atoms with Crippen molar-refractivity contribution in [3.63, 3.8) is 0 Å². The smallest absolute Gasteiger partial charge is 0.248 e. The first-order valence-electron chi connectivity index (χ1n) is 7.24. The number of rotatable bonds is 2. The standard InChI is InChI=1S/C18H19N3O/c1-18(2,3)14-8-4-12(5-9-14)16-20-21-17(22-16)13-6-10-15(19)11-7-13/h4-11H,19H2,1-3H3. The fourth-order valence-electron chi connectivity index (χ4n) is 2.20. The molecular weight excluding hydrogens is 274 g/mol. The monoisotopic (exact) mass is 293 g/mol. The van der Waals surface area contributed by atoms with E-state index in [0.717, 1.165) is 11.1 Å². The van der Waals surface area contributed by atoms with Crippen molar-refractivity contribution in [3.05, 3.63) is 54.1 Å². The van der Waals surface area contributed by atoms with Crippen LogP contribution in [-0.4, -0.2) is 10.2 Å². The molecule has 4 nitrogen and oxygen atoms in total. The maximum Gasteiger partial charge on any atom is 0.248 e. The fourth-order valence-corrected chi connectivity index (χ4v) is 2.20. The summed E-state index contributed by atoms with van der Waals surface area (Å²) in [6.45, 7) is 6.57. The number of nitrogens with two attached hydrogens (primary N) is 1. The molecule has 0 spiro atoms. The molecule has 1 aromatic heterocycles. The van der Waals surface area contributed by atoms with E-state index in [-0.39, 0.29) is 5.41 Å². The predicted octanol–water partition coefficient (Wildman–Crippen LogP) is 4.28. The minimum absolute atomic E-state index is 0.127. The molecule has 0 bridgehead atoms. The second-order valence-electron chi connectivity index (χ2n) is 6.36. The lowest BCUT2D eigenvalue weighted by atomic mass is 9.87. The molecule has 0 saturated carbocycles. The normalized spacial score (nSPS) is 11.6. The molecule has 0 unspecified atom stereocenters. The van der Waals surface area contributed by atoms with E-state index in [1.165, 1.54) is 5.56 Å². The molecule has 0 atom stereocenters. The average Bonchev–Trinajstić information content (AvgIpc) is 2.97. The quantitative estimate of drug-likeness (QED) is 0.716. The summed E-state index contributed by atoms with van der Waals surface area (Å²) in [5.41, 5.74) is 9.57. The van der Waals surface area contributed by atoms with Crippen LogP contribution in [0.15, 0.2) is 52.9 Å². The van der Waals surface area contributed by atoms with Gasteiger partial charge in [-0.25, -0.2) is 0 Å². The van der Waals surface area contributed by atoms with Crippen molar-refractivity contribution in [2.24, 2.45) is 0 Å². The zero-order chi connectivity index (χ0) is 15.7. The lowest BCUT2D eigenvalue weighted by Gasteiger charge is -2.18. The van der Waals surface area contributed by atoms with Gasteiger partial charge in [-0.2, -0.15) is 0 Å². The van der Waals surface area contributed by atoms with Crippen LogP contribution in [0.5, 0.6) is 0 Å². The molecular formula is C18H19N3O. The van der Waals surface area contributed by atoms with Crippen LogP contribution in [0.4, 0.5) is 5.69 Å². The van der Waals surface area contributed by atoms with Gasteiger partial charge in [0.05, 0.1) is 0 Å². The van der Waals surface area contributed by atoms with Crippen LogP contribution in [-0.2, 0) is 5.41 Å². The number of hydrogen-bond donors (Lipinski definition) is 1. The molecule has 3 rings (SSSR count). The van der Waals surface area contributed by atoms with Gasteiger partial charge in [0.25, 0.3) is 0 Å². The third-order valence-corrected chi connectivity index (χ3v) is 3.58. The van der Waals surface area contributed by atoms with Gasteiger partial charge >= 0.3 is 0 Å². The van der Waals surface area contributed by atoms with Crippen molar-refractivity contribution in [2.45, 2.75) is 26.2 Å². The van der Waals surface area contributed by atoms with E-state index in [9.17, 15) is 0 Å². The highest BCUT2D eigenvalue weighted by atomic mass is 16.4. The third-order valence-electron chi connectivity index (χ3n) is 3.58. The van der Waals surface area contributed by atoms with Crippen molar-refractivity contribution in [1.82, 2.24) is 10.2 Å². The lowest BCUT2D eigenvalue weighted by molar-refractivity contribution is 0.582. The first-order chi connectivity index (χ1) is 10.4. The van der Waals surface area contributed by atoms with Crippen molar-refractivity contribution in [2.75, 3.05) is 5.73 Å². The van der Waals surface area contributed by atoms with E-state index in [1.54, 1.807) is 0 Å². The van der Waals surface area contributed by atoms with Gasteiger partial charge in [0.2, 0.25) is 11.8 Å². The molecule has 112 valence electrons. The van der Waals surface area contributed by atoms with Gasteiger partial charge < -0.3 is 10.2 Å². The van der Waals surface area contributed by atoms with Crippen LogP contribution >= 0.6 is 0 Å². The Labute approximate surface area is 130 Å². The molecule has 0 aliphatic rings. The zero-order valence-electron chi connectivity index (χ0n) is 13.0. The summed E-state index contributed by atoms with van der Waals surface area (Å²) in [4.78, 5) is 0. The van der Waals surface area contributed by atoms with E-state index in [2.05, 4.69) is 43.1 Å². The summed E-state index contributed by atoms with van der Waals surface area (Å²) >= 11 is 0. The number of benzene rings is 2. The summed E-state index contributed by atoms with van der Waals surface area (Å²) in [5, 5.41) is 8.24. The van der Waals surface area contributed by atoms with Gasteiger partial charge in [-0.1, -0.05) is 32.9 Å². The second kappa shape index (κ2) is 5.30. The molecule has 4 heteroatoms. The molecule has 2 aromatic carbocycles. The molecule has 22 heavy (non-hydrogen) atoms. The maximum absolute atomic E-state index is 5.76. The first-order valence-corrected chi connectivity index (χ1v) is 7.24. The van der Waals surface area contributed by atoms with Gasteiger partial charge in [-0.05, 0) is 47.4 Å². The topological polar surface area (TPSA) is 64.9 Å². The summed E-state index contributed by atoms with van der Waals surface area (Å²) < 4.78 is 5.76.